The van der Waals surface area contributed by atoms with E-state index in [0.717, 1.165) is 0 Å². The maximum absolute atomic E-state index is 9.72. The van der Waals surface area contributed by atoms with Crippen LogP contribution in [0.15, 0.2) is 0 Å². The van der Waals surface area contributed by atoms with E-state index in [0.29, 0.717) is 5.01 Å². The van der Waals surface area contributed by atoms with Crippen LogP contribution in [0.3, 0.4) is 0 Å². The molecule has 0 aliphatic heterocycles. The van der Waals surface area contributed by atoms with E-state index in [2.05, 4.69) is 16.4 Å². The van der Waals surface area contributed by atoms with Crippen molar-refractivity contribution in [2.45, 2.75) is 0 Å². The Labute approximate surface area is 69.0 Å². The number of rotatable bonds is 0. The predicted molar refractivity (Wildman–Crippen MR) is 39.7 cm³/mol. The number of nitrogens with one attached hydrogen (secondary N) is 1. The van der Waals surface area contributed by atoms with Gasteiger partial charge < -0.3 is 9.84 Å². The zero-order valence-corrected chi connectivity index (χ0v) is 6.77. The second-order valence-electron chi connectivity index (χ2n) is 1.53. The summed E-state index contributed by atoms with van der Waals surface area (Å²) in [7, 11) is 2.49. The van der Waals surface area contributed by atoms with E-state index >= 15 is 0 Å². The summed E-state index contributed by atoms with van der Waals surface area (Å²) < 4.78 is 4.02. The van der Waals surface area contributed by atoms with Gasteiger partial charge in [0, 0.05) is 7.05 Å². The smallest absolute Gasteiger partial charge is 0.421 e. The molecule has 0 bridgehead atoms. The number of nitrogens with two attached hydrogens (primary N) is 2. The van der Waals surface area contributed by atoms with E-state index in [1.165, 1.54) is 14.2 Å². The number of nitrogens with zero attached hydrogens (tertiary/aromatic N) is 1. The lowest BCUT2D eigenvalue weighted by Crippen LogP contribution is -2.31. The lowest BCUT2D eigenvalue weighted by molar-refractivity contribution is 0.156. The number of carboxylic acid groups (broad SMARTS) is 1. The minimum Gasteiger partial charge on any atom is -0.464 e. The molecule has 0 atom stereocenters. The molecule has 12 heavy (non-hydrogen) atoms. The molecule has 0 aliphatic carbocycles. The summed E-state index contributed by atoms with van der Waals surface area (Å²) in [6.07, 6.45) is -1.76. The summed E-state index contributed by atoms with van der Waals surface area (Å²) in [5.41, 5.74) is 1.75. The standard InChI is InChI=1S/2C2H6N2O2/c1-6-2(5)4-3;1-4(3)2(5)6/h3H2,1H3,(H,4,5);3H2,1H3,(H,5,6). The molecule has 6 N–H and O–H groups in total. The molecule has 0 aromatic carbocycles. The highest BCUT2D eigenvalue weighted by atomic mass is 16.5. The van der Waals surface area contributed by atoms with Crippen LogP contribution < -0.4 is 17.1 Å². The fourth-order valence-corrected chi connectivity index (χ4v) is 0.0589. The fourth-order valence-electron chi connectivity index (χ4n) is 0.0589. The summed E-state index contributed by atoms with van der Waals surface area (Å²) in [4.78, 5) is 19.2. The Balaban J connectivity index is 0. The average molecular weight is 180 g/mol. The van der Waals surface area contributed by atoms with Crippen molar-refractivity contribution in [3.05, 3.63) is 0 Å². The zero-order valence-electron chi connectivity index (χ0n) is 6.77. The molecule has 72 valence electrons. The molecular weight excluding hydrogens is 168 g/mol. The van der Waals surface area contributed by atoms with Gasteiger partial charge in [-0.25, -0.2) is 26.3 Å². The highest BCUT2D eigenvalue weighted by molar-refractivity contribution is 5.65. The van der Waals surface area contributed by atoms with Gasteiger partial charge in [0.15, 0.2) is 0 Å². The van der Waals surface area contributed by atoms with E-state index in [1.54, 1.807) is 5.43 Å². The number of hydrazine groups is 2. The molecular formula is C4H12N4O4. The van der Waals surface area contributed by atoms with Crippen molar-refractivity contribution < 1.29 is 19.4 Å². The molecule has 8 heteroatoms. The number of amides is 2. The lowest BCUT2D eigenvalue weighted by atomic mass is 11.1. The fraction of sp³-hybridized carbons (Fsp3) is 0.500. The third kappa shape index (κ3) is 11.3. The summed E-state index contributed by atoms with van der Waals surface area (Å²) >= 11 is 0. The maximum Gasteiger partial charge on any atom is 0.421 e. The highest BCUT2D eigenvalue weighted by Gasteiger charge is 1.92. The van der Waals surface area contributed by atoms with E-state index in [-0.39, 0.29) is 0 Å². The first kappa shape index (κ1) is 13.1. The average Bonchev–Trinajstić information content (AvgIpc) is 2.04. The number of carbonyl (C=O) groups is 2. The first-order valence-corrected chi connectivity index (χ1v) is 2.71. The lowest BCUT2D eigenvalue weighted by Gasteiger charge is -1.99. The SMILES string of the molecule is CN(N)C(=O)O.COC(=O)NN. The van der Waals surface area contributed by atoms with Crippen LogP contribution in [0.1, 0.15) is 0 Å². The number of hydrogen-bond donors (Lipinski definition) is 4. The number of hydrogen-bond acceptors (Lipinski definition) is 5. The summed E-state index contributed by atoms with van der Waals surface area (Å²) in [5, 5.41) is 8.38. The first-order chi connectivity index (χ1) is 5.45. The Morgan fingerprint density at radius 2 is 1.92 bits per heavy atom. The van der Waals surface area contributed by atoms with Gasteiger partial charge in [0.1, 0.15) is 0 Å². The Morgan fingerprint density at radius 1 is 1.58 bits per heavy atom. The van der Waals surface area contributed by atoms with Gasteiger partial charge in [0.2, 0.25) is 0 Å². The molecule has 0 saturated carbocycles. The van der Waals surface area contributed by atoms with E-state index in [1.807, 2.05) is 0 Å². The van der Waals surface area contributed by atoms with Gasteiger partial charge in [-0.3, -0.25) is 5.43 Å². The van der Waals surface area contributed by atoms with Crippen LogP contribution in [0.4, 0.5) is 9.59 Å². The monoisotopic (exact) mass is 180 g/mol. The minimum absolute atomic E-state index is 0.583. The van der Waals surface area contributed by atoms with Gasteiger partial charge in [-0.1, -0.05) is 0 Å². The highest BCUT2D eigenvalue weighted by Crippen LogP contribution is 1.64. The topological polar surface area (TPSA) is 131 Å². The van der Waals surface area contributed by atoms with Crippen LogP contribution >= 0.6 is 0 Å². The van der Waals surface area contributed by atoms with Crippen molar-refractivity contribution in [2.75, 3.05) is 14.2 Å². The van der Waals surface area contributed by atoms with Crippen molar-refractivity contribution in [3.63, 3.8) is 0 Å². The summed E-state index contributed by atoms with van der Waals surface area (Å²) in [5.74, 6) is 9.23. The van der Waals surface area contributed by atoms with Crippen molar-refractivity contribution in [3.8, 4) is 0 Å². The van der Waals surface area contributed by atoms with E-state index in [4.69, 9.17) is 5.11 Å². The van der Waals surface area contributed by atoms with Crippen LogP contribution in [-0.4, -0.2) is 36.5 Å². The summed E-state index contributed by atoms with van der Waals surface area (Å²) in [6.45, 7) is 0. The van der Waals surface area contributed by atoms with Crippen molar-refractivity contribution in [2.24, 2.45) is 11.7 Å². The molecule has 0 heterocycles. The van der Waals surface area contributed by atoms with E-state index in [9.17, 15) is 9.59 Å². The summed E-state index contributed by atoms with van der Waals surface area (Å²) in [6, 6.07) is 0. The molecule has 0 fully saturated rings. The molecule has 0 unspecified atom stereocenters. The van der Waals surface area contributed by atoms with Gasteiger partial charge in [0.25, 0.3) is 0 Å². The van der Waals surface area contributed by atoms with Gasteiger partial charge in [-0.2, -0.15) is 0 Å². The molecule has 0 rings (SSSR count). The molecule has 0 saturated heterocycles. The third-order valence-corrected chi connectivity index (χ3v) is 0.605. The van der Waals surface area contributed by atoms with Gasteiger partial charge in [-0.05, 0) is 0 Å². The zero-order chi connectivity index (χ0) is 10.1. The van der Waals surface area contributed by atoms with Crippen LogP contribution in [0.2, 0.25) is 0 Å². The molecule has 8 nitrogen and oxygen atoms in total. The molecule has 0 aromatic heterocycles. The maximum atomic E-state index is 9.72. The van der Waals surface area contributed by atoms with Gasteiger partial charge >= 0.3 is 12.2 Å². The normalized spacial score (nSPS) is 7.33. The van der Waals surface area contributed by atoms with Crippen molar-refractivity contribution >= 4 is 12.2 Å². The molecule has 2 amide bonds. The third-order valence-electron chi connectivity index (χ3n) is 0.605. The van der Waals surface area contributed by atoms with Crippen molar-refractivity contribution in [1.29, 1.82) is 0 Å². The Morgan fingerprint density at radius 3 is 1.92 bits per heavy atom. The molecule has 0 radical (unpaired) electrons. The second-order valence-corrected chi connectivity index (χ2v) is 1.53. The number of carbonyl (C=O) groups excluding carboxylic acids is 1. The molecule has 0 aromatic rings. The van der Waals surface area contributed by atoms with E-state index < -0.39 is 12.2 Å². The van der Waals surface area contributed by atoms with Crippen LogP contribution in [-0.2, 0) is 4.74 Å². The van der Waals surface area contributed by atoms with Crippen LogP contribution in [0, 0.1) is 0 Å². The van der Waals surface area contributed by atoms with Gasteiger partial charge in [-0.15, -0.1) is 0 Å². The number of ether oxygens (including phenoxy) is 1. The van der Waals surface area contributed by atoms with Crippen LogP contribution in [0.5, 0.6) is 0 Å². The quantitative estimate of drug-likeness (QED) is 0.208. The first-order valence-electron chi connectivity index (χ1n) is 2.71. The molecule has 0 spiro atoms. The van der Waals surface area contributed by atoms with Gasteiger partial charge in [0.05, 0.1) is 7.11 Å². The predicted octanol–water partition coefficient (Wildman–Crippen LogP) is -1.31. The van der Waals surface area contributed by atoms with Crippen molar-refractivity contribution in [1.82, 2.24) is 10.4 Å². The largest absolute Gasteiger partial charge is 0.464 e. The Hall–Kier alpha value is -1.54. The van der Waals surface area contributed by atoms with Crippen LogP contribution in [0.25, 0.3) is 0 Å². The Kier molecular flexibility index (Phi) is 8.25. The molecule has 0 aliphatic rings. The minimum atomic E-state index is -1.13. The number of methoxy groups -OCH3 is 1. The second kappa shape index (κ2) is 7.57. The Bertz CT molecular complexity index is 140.